The number of halogens is 2. The van der Waals surface area contributed by atoms with E-state index >= 15 is 8.78 Å². The van der Waals surface area contributed by atoms with Crippen LogP contribution in [0.4, 0.5) is 8.78 Å². The topological polar surface area (TPSA) is 98.6 Å². The number of methoxy groups -OCH3 is 1. The van der Waals surface area contributed by atoms with Crippen molar-refractivity contribution in [3.05, 3.63) is 83.1 Å². The fourth-order valence-corrected chi connectivity index (χ4v) is 5.74. The maximum atomic E-state index is 15.0. The van der Waals surface area contributed by atoms with Gasteiger partial charge in [-0.15, -0.1) is 0 Å². The van der Waals surface area contributed by atoms with Crippen molar-refractivity contribution in [2.24, 2.45) is 11.7 Å². The minimum Gasteiger partial charge on any atom is -0.386 e. The third-order valence-corrected chi connectivity index (χ3v) is 7.66. The molecule has 1 aromatic carbocycles. The molecule has 0 saturated heterocycles. The summed E-state index contributed by atoms with van der Waals surface area (Å²) < 4.78 is 37.3. The number of imidazole rings is 1. The number of pyridine rings is 1. The molecule has 1 saturated carbocycles. The van der Waals surface area contributed by atoms with Crippen LogP contribution >= 0.6 is 0 Å². The quantitative estimate of drug-likeness (QED) is 0.380. The molecule has 38 heavy (non-hydrogen) atoms. The number of ether oxygens (including phenoxy) is 1. The number of aliphatic hydroxyl groups is 1. The normalized spacial score (nSPS) is 22.2. The minimum atomic E-state index is -1.37. The van der Waals surface area contributed by atoms with Gasteiger partial charge in [-0.3, -0.25) is 4.98 Å². The lowest BCUT2D eigenvalue weighted by Crippen LogP contribution is -2.45. The largest absolute Gasteiger partial charge is 0.386 e. The van der Waals surface area contributed by atoms with Crippen molar-refractivity contribution < 1.29 is 18.6 Å². The molecule has 0 amide bonds. The zero-order chi connectivity index (χ0) is 27.2. The van der Waals surface area contributed by atoms with Crippen molar-refractivity contribution in [2.45, 2.75) is 63.7 Å². The van der Waals surface area contributed by atoms with Crippen LogP contribution in [0.3, 0.4) is 0 Å². The van der Waals surface area contributed by atoms with E-state index in [9.17, 15) is 5.11 Å². The molecule has 9 heteroatoms. The van der Waals surface area contributed by atoms with Gasteiger partial charge in [0.1, 0.15) is 17.5 Å². The lowest BCUT2D eigenvalue weighted by Gasteiger charge is -2.38. The van der Waals surface area contributed by atoms with E-state index in [0.29, 0.717) is 23.7 Å². The van der Waals surface area contributed by atoms with E-state index in [1.807, 2.05) is 12.3 Å². The standard InChI is InChI=1S/C29H33F2N5O2/c1-16-9-17(10-24(32)28(16)38-4)21-7-8-33-14-18(21)11-26-34-15-20-5-6-25(35-36(20)26)27-22(30)12-19(13-23(27)31)29(2,3)37/h5-8,12-17,24,28,37H,9-11,32H2,1-4H3/t16-,17+,24+,28-/m0/s1. The highest BCUT2D eigenvalue weighted by molar-refractivity contribution is 5.63. The van der Waals surface area contributed by atoms with Crippen LogP contribution in [-0.2, 0) is 16.8 Å². The molecule has 1 aliphatic rings. The Hall–Kier alpha value is -3.27. The number of nitrogens with zero attached hydrogens (tertiary/aromatic N) is 4. The summed E-state index contributed by atoms with van der Waals surface area (Å²) >= 11 is 0. The molecule has 0 bridgehead atoms. The van der Waals surface area contributed by atoms with Crippen LogP contribution in [0, 0.1) is 17.6 Å². The maximum absolute atomic E-state index is 15.0. The monoisotopic (exact) mass is 521 g/mol. The number of hydrogen-bond donors (Lipinski definition) is 2. The molecule has 0 radical (unpaired) electrons. The summed E-state index contributed by atoms with van der Waals surface area (Å²) in [6.07, 6.45) is 7.57. The predicted octanol–water partition coefficient (Wildman–Crippen LogP) is 4.74. The van der Waals surface area contributed by atoms with E-state index in [-0.39, 0.29) is 34.9 Å². The van der Waals surface area contributed by atoms with Gasteiger partial charge >= 0.3 is 0 Å². The zero-order valence-corrected chi connectivity index (χ0v) is 22.0. The fraction of sp³-hybridized carbons (Fsp3) is 0.414. The van der Waals surface area contributed by atoms with Crippen LogP contribution in [0.15, 0.2) is 48.9 Å². The number of aromatic nitrogens is 4. The average Bonchev–Trinajstić information content (AvgIpc) is 3.25. The Morgan fingerprint density at radius 2 is 1.87 bits per heavy atom. The number of benzene rings is 1. The molecule has 0 unspecified atom stereocenters. The summed E-state index contributed by atoms with van der Waals surface area (Å²) in [6, 6.07) is 7.57. The summed E-state index contributed by atoms with van der Waals surface area (Å²) in [7, 11) is 1.71. The van der Waals surface area contributed by atoms with Crippen LogP contribution in [-0.4, -0.2) is 43.9 Å². The molecule has 1 fully saturated rings. The molecule has 3 aromatic heterocycles. The van der Waals surface area contributed by atoms with Gasteiger partial charge in [-0.1, -0.05) is 6.92 Å². The maximum Gasteiger partial charge on any atom is 0.136 e. The first-order chi connectivity index (χ1) is 18.1. The van der Waals surface area contributed by atoms with Crippen LogP contribution in [0.5, 0.6) is 0 Å². The predicted molar refractivity (Wildman–Crippen MR) is 141 cm³/mol. The number of nitrogens with two attached hydrogens (primary N) is 1. The van der Waals surface area contributed by atoms with Gasteiger partial charge in [0.2, 0.25) is 0 Å². The van der Waals surface area contributed by atoms with Crippen molar-refractivity contribution in [3.63, 3.8) is 0 Å². The Morgan fingerprint density at radius 3 is 2.53 bits per heavy atom. The van der Waals surface area contributed by atoms with Crippen molar-refractivity contribution in [2.75, 3.05) is 7.11 Å². The number of rotatable bonds is 6. The van der Waals surface area contributed by atoms with Gasteiger partial charge in [0.25, 0.3) is 0 Å². The molecule has 4 atom stereocenters. The van der Waals surface area contributed by atoms with Gasteiger partial charge in [0.15, 0.2) is 0 Å². The molecular weight excluding hydrogens is 488 g/mol. The van der Waals surface area contributed by atoms with Crippen LogP contribution in [0.1, 0.15) is 62.0 Å². The minimum absolute atomic E-state index is 0.0358. The summed E-state index contributed by atoms with van der Waals surface area (Å²) in [5.74, 6) is -0.368. The number of hydrogen-bond acceptors (Lipinski definition) is 6. The molecule has 1 aliphatic carbocycles. The van der Waals surface area contributed by atoms with Crippen LogP contribution in [0.25, 0.3) is 16.8 Å². The lowest BCUT2D eigenvalue weighted by molar-refractivity contribution is 0.00970. The second-order valence-electron chi connectivity index (χ2n) is 10.9. The molecule has 5 rings (SSSR count). The lowest BCUT2D eigenvalue weighted by atomic mass is 9.74. The van der Waals surface area contributed by atoms with Gasteiger partial charge < -0.3 is 15.6 Å². The average molecular weight is 522 g/mol. The SMILES string of the molecule is CO[C@@H]1[C@H](N)C[C@H](c2ccncc2Cc2ncc3ccc(-c4c(F)cc(C(C)(C)O)cc4F)nn23)C[C@@H]1C. The Morgan fingerprint density at radius 1 is 1.13 bits per heavy atom. The molecule has 200 valence electrons. The molecule has 3 heterocycles. The molecule has 4 aromatic rings. The summed E-state index contributed by atoms with van der Waals surface area (Å²) in [4.78, 5) is 8.92. The fourth-order valence-electron chi connectivity index (χ4n) is 5.74. The zero-order valence-electron chi connectivity index (χ0n) is 22.0. The van der Waals surface area contributed by atoms with Gasteiger partial charge in [-0.05, 0) is 85.5 Å². The highest BCUT2D eigenvalue weighted by Crippen LogP contribution is 2.38. The van der Waals surface area contributed by atoms with Crippen molar-refractivity contribution in [1.29, 1.82) is 0 Å². The van der Waals surface area contributed by atoms with E-state index in [0.717, 1.165) is 30.5 Å². The van der Waals surface area contributed by atoms with E-state index in [1.165, 1.54) is 19.4 Å². The summed E-state index contributed by atoms with van der Waals surface area (Å²) in [6.45, 7) is 5.13. The van der Waals surface area contributed by atoms with Crippen molar-refractivity contribution >= 4 is 5.52 Å². The molecular formula is C29H33F2N5O2. The van der Waals surface area contributed by atoms with Gasteiger partial charge in [0, 0.05) is 32.0 Å². The van der Waals surface area contributed by atoms with E-state index in [4.69, 9.17) is 10.5 Å². The number of fused-ring (bicyclic) bond motifs is 1. The summed E-state index contributed by atoms with van der Waals surface area (Å²) in [5.41, 5.74) is 8.01. The van der Waals surface area contributed by atoms with Crippen molar-refractivity contribution in [1.82, 2.24) is 19.6 Å². The smallest absolute Gasteiger partial charge is 0.136 e. The van der Waals surface area contributed by atoms with Crippen molar-refractivity contribution in [3.8, 4) is 11.3 Å². The van der Waals surface area contributed by atoms with Gasteiger partial charge in [-0.2, -0.15) is 5.10 Å². The second kappa shape index (κ2) is 10.1. The molecule has 3 N–H and O–H groups in total. The third kappa shape index (κ3) is 4.93. The Kier molecular flexibility index (Phi) is 7.02. The first-order valence-electron chi connectivity index (χ1n) is 12.8. The van der Waals surface area contributed by atoms with Gasteiger partial charge in [-0.25, -0.2) is 18.3 Å². The first-order valence-corrected chi connectivity index (χ1v) is 12.8. The van der Waals surface area contributed by atoms with Gasteiger partial charge in [0.05, 0.1) is 34.7 Å². The second-order valence-corrected chi connectivity index (χ2v) is 10.9. The molecule has 0 spiro atoms. The Balaban J connectivity index is 1.49. The highest BCUT2D eigenvalue weighted by atomic mass is 19.1. The molecule has 0 aliphatic heterocycles. The third-order valence-electron chi connectivity index (χ3n) is 7.66. The summed E-state index contributed by atoms with van der Waals surface area (Å²) in [5, 5.41) is 14.7. The Bertz CT molecular complexity index is 1430. The van der Waals surface area contributed by atoms with E-state index < -0.39 is 17.2 Å². The highest BCUT2D eigenvalue weighted by Gasteiger charge is 2.35. The van der Waals surface area contributed by atoms with E-state index in [2.05, 4.69) is 22.0 Å². The van der Waals surface area contributed by atoms with Crippen LogP contribution in [0.2, 0.25) is 0 Å². The first kappa shape index (κ1) is 26.3. The molecule has 7 nitrogen and oxygen atoms in total. The Labute approximate surface area is 220 Å². The van der Waals surface area contributed by atoms with E-state index in [1.54, 1.807) is 36.2 Å². The van der Waals surface area contributed by atoms with Crippen LogP contribution < -0.4 is 5.73 Å².